The molecular formula is C15H22N2O. The molecule has 0 atom stereocenters. The Morgan fingerprint density at radius 3 is 2.33 bits per heavy atom. The molecule has 0 aromatic heterocycles. The third-order valence-corrected chi connectivity index (χ3v) is 2.60. The van der Waals surface area contributed by atoms with E-state index >= 15 is 0 Å². The maximum atomic E-state index is 12.2. The summed E-state index contributed by atoms with van der Waals surface area (Å²) in [4.78, 5) is 18.4. The number of rotatable bonds is 2. The van der Waals surface area contributed by atoms with Gasteiger partial charge in [0.1, 0.15) is 0 Å². The molecular weight excluding hydrogens is 224 g/mol. The molecule has 0 aromatic rings. The summed E-state index contributed by atoms with van der Waals surface area (Å²) in [6, 6.07) is 0.166. The van der Waals surface area contributed by atoms with Crippen molar-refractivity contribution >= 4 is 11.6 Å². The summed E-state index contributed by atoms with van der Waals surface area (Å²) in [6.07, 6.45) is 5.78. The third kappa shape index (κ3) is 3.19. The fourth-order valence-corrected chi connectivity index (χ4v) is 1.76. The first-order valence-corrected chi connectivity index (χ1v) is 6.20. The summed E-state index contributed by atoms with van der Waals surface area (Å²) >= 11 is 0. The summed E-state index contributed by atoms with van der Waals surface area (Å²) in [6.45, 7) is 8.12. The standard InChI is InChI=1S/C15H22N2O/c1-10(2)12-8-7-9-13(15(18)17(5)6)14(12)16-11(3)4/h7-9,11H,1-6H3/b16-14+. The van der Waals surface area contributed by atoms with Crippen LogP contribution in [0.5, 0.6) is 0 Å². The van der Waals surface area contributed by atoms with Crippen LogP contribution in [-0.2, 0) is 4.79 Å². The van der Waals surface area contributed by atoms with E-state index in [1.165, 1.54) is 5.57 Å². The highest BCUT2D eigenvalue weighted by Crippen LogP contribution is 2.21. The van der Waals surface area contributed by atoms with E-state index in [0.717, 1.165) is 11.3 Å². The lowest BCUT2D eigenvalue weighted by Gasteiger charge is -2.20. The minimum Gasteiger partial charge on any atom is -0.345 e. The highest BCUT2D eigenvalue weighted by molar-refractivity contribution is 6.29. The molecule has 0 radical (unpaired) electrons. The lowest BCUT2D eigenvalue weighted by molar-refractivity contribution is -0.124. The van der Waals surface area contributed by atoms with Crippen LogP contribution in [0.4, 0.5) is 0 Å². The molecule has 0 spiro atoms. The molecule has 3 heteroatoms. The van der Waals surface area contributed by atoms with Crippen LogP contribution in [0, 0.1) is 0 Å². The van der Waals surface area contributed by atoms with E-state index in [0.29, 0.717) is 5.57 Å². The summed E-state index contributed by atoms with van der Waals surface area (Å²) in [5.41, 5.74) is 3.71. The van der Waals surface area contributed by atoms with Crippen molar-refractivity contribution in [2.75, 3.05) is 14.1 Å². The summed E-state index contributed by atoms with van der Waals surface area (Å²) in [7, 11) is 3.52. The summed E-state index contributed by atoms with van der Waals surface area (Å²) < 4.78 is 0. The predicted molar refractivity (Wildman–Crippen MR) is 76.9 cm³/mol. The van der Waals surface area contributed by atoms with Crippen molar-refractivity contribution < 1.29 is 4.79 Å². The highest BCUT2D eigenvalue weighted by Gasteiger charge is 2.22. The molecule has 1 amide bonds. The summed E-state index contributed by atoms with van der Waals surface area (Å²) in [5.74, 6) is -0.00231. The highest BCUT2D eigenvalue weighted by atomic mass is 16.2. The Morgan fingerprint density at radius 1 is 1.28 bits per heavy atom. The van der Waals surface area contributed by atoms with Crippen LogP contribution in [-0.4, -0.2) is 36.7 Å². The molecule has 18 heavy (non-hydrogen) atoms. The monoisotopic (exact) mass is 246 g/mol. The number of carbonyl (C=O) groups excluding carboxylic acids is 1. The molecule has 0 fully saturated rings. The van der Waals surface area contributed by atoms with E-state index in [9.17, 15) is 4.79 Å². The van der Waals surface area contributed by atoms with Crippen molar-refractivity contribution in [2.45, 2.75) is 33.7 Å². The van der Waals surface area contributed by atoms with Gasteiger partial charge in [-0.1, -0.05) is 17.7 Å². The minimum absolute atomic E-state index is 0.00231. The number of aliphatic imine (C=N–C) groups is 1. The molecule has 0 bridgehead atoms. The summed E-state index contributed by atoms with van der Waals surface area (Å²) in [5, 5.41) is 0. The van der Waals surface area contributed by atoms with Gasteiger partial charge in [0.15, 0.2) is 0 Å². The van der Waals surface area contributed by atoms with Crippen molar-refractivity contribution in [3.63, 3.8) is 0 Å². The van der Waals surface area contributed by atoms with Crippen LogP contribution in [0.25, 0.3) is 0 Å². The Bertz CT molecular complexity index is 459. The topological polar surface area (TPSA) is 32.7 Å². The first-order chi connectivity index (χ1) is 8.34. The number of nitrogens with zero attached hydrogens (tertiary/aromatic N) is 2. The number of carbonyl (C=O) groups is 1. The van der Waals surface area contributed by atoms with Gasteiger partial charge in [0.25, 0.3) is 5.91 Å². The van der Waals surface area contributed by atoms with Crippen LogP contribution in [0.2, 0.25) is 0 Å². The molecule has 98 valence electrons. The molecule has 0 N–H and O–H groups in total. The first-order valence-electron chi connectivity index (χ1n) is 6.20. The molecule has 0 aromatic carbocycles. The van der Waals surface area contributed by atoms with E-state index in [1.807, 2.05) is 45.9 Å². The Balaban J connectivity index is 3.33. The number of allylic oxidation sites excluding steroid dienone is 5. The quantitative estimate of drug-likeness (QED) is 0.737. The van der Waals surface area contributed by atoms with Crippen LogP contribution < -0.4 is 0 Å². The van der Waals surface area contributed by atoms with Gasteiger partial charge < -0.3 is 4.90 Å². The largest absolute Gasteiger partial charge is 0.345 e. The molecule has 0 unspecified atom stereocenters. The zero-order chi connectivity index (χ0) is 13.9. The second-order valence-electron chi connectivity index (χ2n) is 5.12. The van der Waals surface area contributed by atoms with Gasteiger partial charge in [0.2, 0.25) is 0 Å². The first kappa shape index (κ1) is 14.4. The molecule has 0 heterocycles. The van der Waals surface area contributed by atoms with Crippen molar-refractivity contribution in [3.05, 3.63) is 34.9 Å². The Kier molecular flexibility index (Phi) is 4.65. The van der Waals surface area contributed by atoms with E-state index in [1.54, 1.807) is 19.0 Å². The van der Waals surface area contributed by atoms with Crippen molar-refractivity contribution in [2.24, 2.45) is 4.99 Å². The lowest BCUT2D eigenvalue weighted by Crippen LogP contribution is -2.29. The number of hydrogen-bond acceptors (Lipinski definition) is 2. The van der Waals surface area contributed by atoms with Crippen LogP contribution >= 0.6 is 0 Å². The lowest BCUT2D eigenvalue weighted by atomic mass is 9.93. The van der Waals surface area contributed by atoms with E-state index in [4.69, 9.17) is 0 Å². The van der Waals surface area contributed by atoms with Crippen molar-refractivity contribution in [3.8, 4) is 0 Å². The Hall–Kier alpha value is -1.64. The average Bonchev–Trinajstić information content (AvgIpc) is 2.27. The van der Waals surface area contributed by atoms with E-state index in [-0.39, 0.29) is 11.9 Å². The maximum absolute atomic E-state index is 12.2. The van der Waals surface area contributed by atoms with Gasteiger partial charge in [-0.2, -0.15) is 0 Å². The predicted octanol–water partition coefficient (Wildman–Crippen LogP) is 2.76. The number of hydrogen-bond donors (Lipinski definition) is 0. The molecule has 1 rings (SSSR count). The fraction of sp³-hybridized carbons (Fsp3) is 0.467. The van der Waals surface area contributed by atoms with Gasteiger partial charge >= 0.3 is 0 Å². The molecule has 0 aliphatic heterocycles. The van der Waals surface area contributed by atoms with Gasteiger partial charge in [-0.25, -0.2) is 0 Å². The molecule has 0 saturated heterocycles. The molecule has 1 aliphatic carbocycles. The van der Waals surface area contributed by atoms with E-state index < -0.39 is 0 Å². The van der Waals surface area contributed by atoms with Gasteiger partial charge in [0.05, 0.1) is 11.3 Å². The average molecular weight is 246 g/mol. The minimum atomic E-state index is -0.00231. The molecule has 1 aliphatic rings. The second kappa shape index (κ2) is 5.80. The number of likely N-dealkylation sites (N-methyl/N-ethyl adjacent to an activating group) is 1. The maximum Gasteiger partial charge on any atom is 0.255 e. The number of amides is 1. The van der Waals surface area contributed by atoms with Gasteiger partial charge in [-0.05, 0) is 39.3 Å². The van der Waals surface area contributed by atoms with Crippen LogP contribution in [0.3, 0.4) is 0 Å². The van der Waals surface area contributed by atoms with Gasteiger partial charge in [-0.15, -0.1) is 0 Å². The second-order valence-corrected chi connectivity index (χ2v) is 5.12. The van der Waals surface area contributed by atoms with Crippen molar-refractivity contribution in [1.82, 2.24) is 4.90 Å². The van der Waals surface area contributed by atoms with Gasteiger partial charge in [0, 0.05) is 20.1 Å². The SMILES string of the molecule is CC(C)=C1C=CC=C(C(=O)N(C)C)/C1=N/C(C)C. The van der Waals surface area contributed by atoms with Crippen LogP contribution in [0.1, 0.15) is 27.7 Å². The third-order valence-electron chi connectivity index (χ3n) is 2.60. The molecule has 3 nitrogen and oxygen atoms in total. The van der Waals surface area contributed by atoms with Gasteiger partial charge in [-0.3, -0.25) is 9.79 Å². The van der Waals surface area contributed by atoms with E-state index in [2.05, 4.69) is 4.99 Å². The zero-order valence-electron chi connectivity index (χ0n) is 12.1. The Labute approximate surface area is 110 Å². The normalized spacial score (nSPS) is 17.2. The van der Waals surface area contributed by atoms with Crippen molar-refractivity contribution in [1.29, 1.82) is 0 Å². The smallest absolute Gasteiger partial charge is 0.255 e. The zero-order valence-corrected chi connectivity index (χ0v) is 12.1. The van der Waals surface area contributed by atoms with Crippen LogP contribution in [0.15, 0.2) is 39.9 Å². The Morgan fingerprint density at radius 2 is 1.89 bits per heavy atom. The molecule has 0 saturated carbocycles. The fourth-order valence-electron chi connectivity index (χ4n) is 1.76.